The zero-order chi connectivity index (χ0) is 30.3. The third kappa shape index (κ3) is 7.84. The number of nitrogens with zero attached hydrogens (tertiary/aromatic N) is 1. The van der Waals surface area contributed by atoms with Gasteiger partial charge in [-0.3, -0.25) is 4.79 Å². The first kappa shape index (κ1) is 30.9. The second-order valence-corrected chi connectivity index (χ2v) is 12.4. The maximum Gasteiger partial charge on any atom is 0.326 e. The summed E-state index contributed by atoms with van der Waals surface area (Å²) in [7, 11) is -4.08. The Morgan fingerprint density at radius 3 is 2.43 bits per heavy atom. The van der Waals surface area contributed by atoms with Gasteiger partial charge in [-0.05, 0) is 73.3 Å². The molecule has 4 rings (SSSR count). The number of hydrogen-bond acceptors (Lipinski definition) is 6. The Balaban J connectivity index is 1.33. The second-order valence-electron chi connectivity index (χ2n) is 10.1. The predicted molar refractivity (Wildman–Crippen MR) is 164 cm³/mol. The summed E-state index contributed by atoms with van der Waals surface area (Å²) in [5, 5.41) is 29.0. The van der Waals surface area contributed by atoms with Crippen molar-refractivity contribution in [2.45, 2.75) is 49.6 Å². The van der Waals surface area contributed by atoms with Crippen LogP contribution in [0.5, 0.6) is 5.75 Å². The van der Waals surface area contributed by atoms with Crippen molar-refractivity contribution in [1.29, 1.82) is 0 Å². The van der Waals surface area contributed by atoms with Crippen LogP contribution < -0.4 is 16.0 Å². The summed E-state index contributed by atoms with van der Waals surface area (Å²) in [6.45, 7) is 2.43. The number of amides is 1. The molecule has 0 radical (unpaired) electrons. The van der Waals surface area contributed by atoms with Gasteiger partial charge in [0.25, 0.3) is 0 Å². The summed E-state index contributed by atoms with van der Waals surface area (Å²) in [5.74, 6) is -2.07. The average Bonchev–Trinajstić information content (AvgIpc) is 3.47. The minimum Gasteiger partial charge on any atom is -0.508 e. The normalized spacial score (nSPS) is 16.0. The van der Waals surface area contributed by atoms with Gasteiger partial charge in [-0.2, -0.15) is 4.31 Å². The Morgan fingerprint density at radius 1 is 1.05 bits per heavy atom. The Labute approximate surface area is 250 Å². The summed E-state index contributed by atoms with van der Waals surface area (Å²) in [6.07, 6.45) is 1.54. The van der Waals surface area contributed by atoms with E-state index in [0.717, 1.165) is 22.5 Å². The van der Waals surface area contributed by atoms with E-state index in [1.807, 2.05) is 30.3 Å². The molecule has 0 aromatic heterocycles. The van der Waals surface area contributed by atoms with Gasteiger partial charge in [0.2, 0.25) is 15.9 Å². The fourth-order valence-electron chi connectivity index (χ4n) is 4.74. The fourth-order valence-corrected chi connectivity index (χ4v) is 6.64. The number of carbonyl (C=O) groups is 2. The lowest BCUT2D eigenvalue weighted by atomic mass is 10.0. The number of aryl methyl sites for hydroxylation is 1. The number of carbonyl (C=O) groups excluding carboxylic acids is 1. The van der Waals surface area contributed by atoms with Crippen LogP contribution in [0.4, 0.5) is 5.69 Å². The van der Waals surface area contributed by atoms with E-state index in [-0.39, 0.29) is 30.0 Å². The fraction of sp³-hybridized carbons (Fsp3) is 0.300. The number of aliphatic carboxylic acids is 1. The molecule has 0 aliphatic carbocycles. The summed E-state index contributed by atoms with van der Waals surface area (Å²) >= 11 is 5.36. The number of carboxylic acids is 1. The predicted octanol–water partition coefficient (Wildman–Crippen LogP) is 3.19. The van der Waals surface area contributed by atoms with Gasteiger partial charge >= 0.3 is 5.97 Å². The van der Waals surface area contributed by atoms with E-state index < -0.39 is 34.0 Å². The molecule has 222 valence electrons. The van der Waals surface area contributed by atoms with Crippen LogP contribution in [0.3, 0.4) is 0 Å². The molecule has 0 spiro atoms. The molecule has 1 aliphatic heterocycles. The molecule has 3 aromatic rings. The molecular weight excluding hydrogens is 576 g/mol. The van der Waals surface area contributed by atoms with Gasteiger partial charge in [-0.15, -0.1) is 0 Å². The van der Waals surface area contributed by atoms with Crippen LogP contribution in [0.2, 0.25) is 0 Å². The van der Waals surface area contributed by atoms with Gasteiger partial charge in [-0.1, -0.05) is 48.5 Å². The summed E-state index contributed by atoms with van der Waals surface area (Å²) in [5.41, 5.74) is 3.12. The van der Waals surface area contributed by atoms with Crippen molar-refractivity contribution in [3.63, 3.8) is 0 Å². The third-order valence-corrected chi connectivity index (χ3v) is 9.25. The van der Waals surface area contributed by atoms with E-state index in [1.165, 1.54) is 17.7 Å². The number of carboxylic acid groups (broad SMARTS) is 1. The minimum absolute atomic E-state index is 0.00638. The topological polar surface area (TPSA) is 148 Å². The lowest BCUT2D eigenvalue weighted by Crippen LogP contribution is -2.51. The molecule has 10 nitrogen and oxygen atoms in total. The maximum atomic E-state index is 13.3. The molecule has 1 fully saturated rings. The SMILES string of the molecule is Cc1ccc(S(=O)(=O)N2CCC[C@H]2C(=O)N[C@@H](Cc2ccc(NC(=S)NCCc3ccccc3)cc2)C(=O)O)cc1O. The molecule has 42 heavy (non-hydrogen) atoms. The number of thiocarbonyl (C=S) groups is 1. The number of benzene rings is 3. The number of rotatable bonds is 11. The molecule has 5 N–H and O–H groups in total. The molecular formula is C30H34N4O6S2. The third-order valence-electron chi connectivity index (χ3n) is 7.10. The van der Waals surface area contributed by atoms with E-state index in [9.17, 15) is 28.2 Å². The van der Waals surface area contributed by atoms with E-state index in [1.54, 1.807) is 31.2 Å². The zero-order valence-electron chi connectivity index (χ0n) is 23.1. The van der Waals surface area contributed by atoms with Gasteiger partial charge in [-0.25, -0.2) is 13.2 Å². The Morgan fingerprint density at radius 2 is 1.76 bits per heavy atom. The Hall–Kier alpha value is -4.00. The lowest BCUT2D eigenvalue weighted by molar-refractivity contribution is -0.142. The van der Waals surface area contributed by atoms with Crippen molar-refractivity contribution >= 4 is 44.9 Å². The van der Waals surface area contributed by atoms with Crippen LogP contribution in [-0.4, -0.2) is 65.1 Å². The highest BCUT2D eigenvalue weighted by Crippen LogP contribution is 2.29. The molecule has 1 amide bonds. The van der Waals surface area contributed by atoms with E-state index in [2.05, 4.69) is 16.0 Å². The first-order valence-corrected chi connectivity index (χ1v) is 15.4. The molecule has 0 unspecified atom stereocenters. The molecule has 1 aliphatic rings. The number of anilines is 1. The highest BCUT2D eigenvalue weighted by molar-refractivity contribution is 7.89. The van der Waals surface area contributed by atoms with Crippen molar-refractivity contribution in [2.24, 2.45) is 0 Å². The maximum absolute atomic E-state index is 13.3. The molecule has 0 bridgehead atoms. The van der Waals surface area contributed by atoms with Crippen LogP contribution in [0.1, 0.15) is 29.5 Å². The average molecular weight is 611 g/mol. The molecule has 12 heteroatoms. The summed E-state index contributed by atoms with van der Waals surface area (Å²) in [6, 6.07) is 18.8. The van der Waals surface area contributed by atoms with Gasteiger partial charge in [0.15, 0.2) is 5.11 Å². The van der Waals surface area contributed by atoms with E-state index in [0.29, 0.717) is 29.2 Å². The van der Waals surface area contributed by atoms with Gasteiger partial charge in [0, 0.05) is 31.3 Å². The number of phenolic OH excluding ortho intramolecular Hbond substituents is 1. The monoisotopic (exact) mass is 610 g/mol. The molecule has 3 aromatic carbocycles. The molecule has 2 atom stereocenters. The minimum atomic E-state index is -4.08. The first-order valence-electron chi connectivity index (χ1n) is 13.6. The highest BCUT2D eigenvalue weighted by atomic mass is 32.2. The Bertz CT molecular complexity index is 1530. The van der Waals surface area contributed by atoms with Crippen molar-refractivity contribution in [2.75, 3.05) is 18.4 Å². The summed E-state index contributed by atoms with van der Waals surface area (Å²) < 4.78 is 27.6. The van der Waals surface area contributed by atoms with Crippen molar-refractivity contribution in [3.05, 3.63) is 89.5 Å². The largest absolute Gasteiger partial charge is 0.508 e. The number of aromatic hydroxyl groups is 1. The molecule has 0 saturated carbocycles. The zero-order valence-corrected chi connectivity index (χ0v) is 24.7. The number of nitrogens with one attached hydrogen (secondary N) is 3. The van der Waals surface area contributed by atoms with Gasteiger partial charge in [0.05, 0.1) is 4.90 Å². The molecule has 1 heterocycles. The quantitative estimate of drug-likeness (QED) is 0.207. The van der Waals surface area contributed by atoms with Crippen LogP contribution in [-0.2, 0) is 32.5 Å². The van der Waals surface area contributed by atoms with Crippen LogP contribution in [0.15, 0.2) is 77.7 Å². The van der Waals surface area contributed by atoms with Crippen molar-refractivity contribution < 1.29 is 28.2 Å². The second kappa shape index (κ2) is 13.8. The standard InChI is InChI=1S/C30H34N4O6S2/c1-20-9-14-24(19-27(20)35)42(39,40)34-17-5-8-26(34)28(36)33-25(29(37)38)18-22-10-12-23(13-11-22)32-30(41)31-16-15-21-6-3-2-4-7-21/h2-4,6-7,9-14,19,25-26,35H,5,8,15-18H2,1H3,(H,33,36)(H,37,38)(H2,31,32,41)/t25-,26-/m0/s1. The number of phenols is 1. The lowest BCUT2D eigenvalue weighted by Gasteiger charge is -2.25. The van der Waals surface area contributed by atoms with E-state index in [4.69, 9.17) is 12.2 Å². The van der Waals surface area contributed by atoms with Crippen molar-refractivity contribution in [3.8, 4) is 5.75 Å². The van der Waals surface area contributed by atoms with E-state index >= 15 is 0 Å². The van der Waals surface area contributed by atoms with Crippen molar-refractivity contribution in [1.82, 2.24) is 14.9 Å². The smallest absolute Gasteiger partial charge is 0.326 e. The number of sulfonamides is 1. The first-order chi connectivity index (χ1) is 20.0. The number of hydrogen-bond donors (Lipinski definition) is 5. The Kier molecular flexibility index (Phi) is 10.2. The van der Waals surface area contributed by atoms with Crippen LogP contribution in [0.25, 0.3) is 0 Å². The van der Waals surface area contributed by atoms with Crippen LogP contribution >= 0.6 is 12.2 Å². The van der Waals surface area contributed by atoms with Gasteiger partial charge < -0.3 is 26.2 Å². The summed E-state index contributed by atoms with van der Waals surface area (Å²) in [4.78, 5) is 25.1. The van der Waals surface area contributed by atoms with Gasteiger partial charge in [0.1, 0.15) is 17.8 Å². The molecule has 1 saturated heterocycles. The highest BCUT2D eigenvalue weighted by Gasteiger charge is 2.40. The van der Waals surface area contributed by atoms with Crippen LogP contribution in [0, 0.1) is 6.92 Å².